The molecule has 3 nitrogen and oxygen atoms in total. The number of benzene rings is 1. The van der Waals surface area contributed by atoms with Gasteiger partial charge in [-0.15, -0.1) is 0 Å². The molecule has 21 heavy (non-hydrogen) atoms. The van der Waals surface area contributed by atoms with Crippen LogP contribution >= 0.6 is 0 Å². The van der Waals surface area contributed by atoms with Crippen LogP contribution in [0.15, 0.2) is 18.2 Å². The summed E-state index contributed by atoms with van der Waals surface area (Å²) in [5.41, 5.74) is 0.458. The Kier molecular flexibility index (Phi) is 4.73. The number of phenols is 1. The Balaban J connectivity index is 1.97. The lowest BCUT2D eigenvalue weighted by atomic mass is 10.0. The number of aromatic hydroxyl groups is 1. The zero-order chi connectivity index (χ0) is 15.6. The fraction of sp³-hybridized carbons (Fsp3) is 0.571. The topological polar surface area (TPSA) is 26.7 Å². The zero-order valence-corrected chi connectivity index (χ0v) is 11.7. The zero-order valence-electron chi connectivity index (χ0n) is 11.7. The highest BCUT2D eigenvalue weighted by Crippen LogP contribution is 2.30. The van der Waals surface area contributed by atoms with Crippen molar-refractivity contribution >= 4 is 0 Å². The predicted molar refractivity (Wildman–Crippen MR) is 70.5 cm³/mol. The molecule has 1 heterocycles. The van der Waals surface area contributed by atoms with Gasteiger partial charge in [-0.25, -0.2) is 4.39 Å². The molecule has 1 aromatic rings. The van der Waals surface area contributed by atoms with Gasteiger partial charge < -0.3 is 5.11 Å². The van der Waals surface area contributed by atoms with E-state index in [2.05, 4.69) is 0 Å². The van der Waals surface area contributed by atoms with Crippen LogP contribution in [0.4, 0.5) is 17.6 Å². The average molecular weight is 306 g/mol. The van der Waals surface area contributed by atoms with Gasteiger partial charge in [-0.3, -0.25) is 9.80 Å². The number of hydrogen-bond donors (Lipinski definition) is 1. The lowest BCUT2D eigenvalue weighted by molar-refractivity contribution is -0.149. The molecule has 0 bridgehead atoms. The third-order valence-electron chi connectivity index (χ3n) is 3.80. The van der Waals surface area contributed by atoms with E-state index in [1.54, 1.807) is 0 Å². The van der Waals surface area contributed by atoms with E-state index in [4.69, 9.17) is 0 Å². The molecular formula is C14H18F4N2O. The molecule has 1 aliphatic heterocycles. The highest BCUT2D eigenvalue weighted by Gasteiger charge is 2.33. The van der Waals surface area contributed by atoms with E-state index >= 15 is 0 Å². The van der Waals surface area contributed by atoms with Crippen molar-refractivity contribution in [2.75, 3.05) is 32.7 Å². The van der Waals surface area contributed by atoms with Gasteiger partial charge in [0.15, 0.2) is 0 Å². The molecule has 1 N–H and O–H groups in total. The fourth-order valence-electron chi connectivity index (χ4n) is 2.62. The second-order valence-electron chi connectivity index (χ2n) is 5.31. The van der Waals surface area contributed by atoms with Crippen LogP contribution in [0.3, 0.4) is 0 Å². The maximum absolute atomic E-state index is 13.3. The van der Waals surface area contributed by atoms with Crippen molar-refractivity contribution in [3.05, 3.63) is 29.6 Å². The summed E-state index contributed by atoms with van der Waals surface area (Å²) in [5.74, 6) is -0.438. The van der Waals surface area contributed by atoms with Crippen molar-refractivity contribution < 1.29 is 22.7 Å². The molecule has 0 aliphatic carbocycles. The first-order valence-electron chi connectivity index (χ1n) is 6.78. The maximum atomic E-state index is 13.3. The summed E-state index contributed by atoms with van der Waals surface area (Å²) in [6, 6.07) is 3.49. The summed E-state index contributed by atoms with van der Waals surface area (Å²) < 4.78 is 50.2. The third kappa shape index (κ3) is 4.31. The third-order valence-corrected chi connectivity index (χ3v) is 3.80. The Morgan fingerprint density at radius 3 is 2.38 bits per heavy atom. The van der Waals surface area contributed by atoms with Crippen molar-refractivity contribution in [1.29, 1.82) is 0 Å². The number of alkyl halides is 3. The van der Waals surface area contributed by atoms with Crippen LogP contribution in [0.5, 0.6) is 5.75 Å². The molecule has 1 aromatic carbocycles. The molecule has 1 atom stereocenters. The molecular weight excluding hydrogens is 288 g/mol. The summed E-state index contributed by atoms with van der Waals surface area (Å²) in [4.78, 5) is 3.30. The van der Waals surface area contributed by atoms with Gasteiger partial charge in [-0.2, -0.15) is 13.2 Å². The Hall–Kier alpha value is -1.34. The van der Waals surface area contributed by atoms with Gasteiger partial charge in [0.1, 0.15) is 11.6 Å². The summed E-state index contributed by atoms with van der Waals surface area (Å²) >= 11 is 0. The van der Waals surface area contributed by atoms with Gasteiger partial charge in [0.2, 0.25) is 0 Å². The lowest BCUT2D eigenvalue weighted by Crippen LogP contribution is -2.49. The Morgan fingerprint density at radius 2 is 1.81 bits per heavy atom. The molecule has 1 unspecified atom stereocenters. The van der Waals surface area contributed by atoms with E-state index in [1.165, 1.54) is 23.1 Å². The minimum absolute atomic E-state index is 0.00150. The molecule has 0 aromatic heterocycles. The van der Waals surface area contributed by atoms with E-state index in [1.807, 2.05) is 11.8 Å². The van der Waals surface area contributed by atoms with Crippen LogP contribution in [0.1, 0.15) is 18.5 Å². The molecule has 2 rings (SSSR count). The Labute approximate surface area is 120 Å². The highest BCUT2D eigenvalue weighted by molar-refractivity contribution is 5.35. The van der Waals surface area contributed by atoms with E-state index in [-0.39, 0.29) is 11.8 Å². The molecule has 1 fully saturated rings. The summed E-state index contributed by atoms with van der Waals surface area (Å²) in [6.45, 7) is 2.43. The molecule has 1 saturated heterocycles. The number of piperazine rings is 1. The quantitative estimate of drug-likeness (QED) is 0.870. The van der Waals surface area contributed by atoms with Gasteiger partial charge in [0.05, 0.1) is 6.54 Å². The number of nitrogens with zero attached hydrogens (tertiary/aromatic N) is 2. The van der Waals surface area contributed by atoms with Crippen molar-refractivity contribution in [2.24, 2.45) is 0 Å². The Bertz CT molecular complexity index is 484. The van der Waals surface area contributed by atoms with Crippen LogP contribution in [0, 0.1) is 5.82 Å². The molecule has 1 aliphatic rings. The molecule has 0 spiro atoms. The van der Waals surface area contributed by atoms with E-state index in [9.17, 15) is 22.7 Å². The second-order valence-corrected chi connectivity index (χ2v) is 5.31. The lowest BCUT2D eigenvalue weighted by Gasteiger charge is -2.38. The van der Waals surface area contributed by atoms with E-state index in [0.29, 0.717) is 31.7 Å². The second kappa shape index (κ2) is 6.19. The van der Waals surface area contributed by atoms with Crippen molar-refractivity contribution in [3.63, 3.8) is 0 Å². The number of hydrogen-bond acceptors (Lipinski definition) is 3. The minimum atomic E-state index is -4.19. The molecule has 0 saturated carbocycles. The van der Waals surface area contributed by atoms with E-state index < -0.39 is 18.5 Å². The average Bonchev–Trinajstić information content (AvgIpc) is 2.40. The number of phenolic OH excluding ortho intramolecular Hbond substituents is 1. The summed E-state index contributed by atoms with van der Waals surface area (Å²) in [6.07, 6.45) is -4.19. The first-order valence-corrected chi connectivity index (χ1v) is 6.78. The molecule has 118 valence electrons. The van der Waals surface area contributed by atoms with Crippen molar-refractivity contribution in [2.45, 2.75) is 19.1 Å². The predicted octanol–water partition coefficient (Wildman–Crippen LogP) is 2.77. The normalized spacial score (nSPS) is 19.7. The monoisotopic (exact) mass is 306 g/mol. The van der Waals surface area contributed by atoms with Crippen molar-refractivity contribution in [3.8, 4) is 5.75 Å². The van der Waals surface area contributed by atoms with Crippen LogP contribution < -0.4 is 0 Å². The van der Waals surface area contributed by atoms with Crippen LogP contribution in [-0.4, -0.2) is 53.8 Å². The standard InChI is InChI=1S/C14H18F4N2O/c1-10(12-8-11(15)2-3-13(12)21)20-6-4-19(5-7-20)9-14(16,17)18/h2-3,8,10,21H,4-7,9H2,1H3. The smallest absolute Gasteiger partial charge is 0.401 e. The highest BCUT2D eigenvalue weighted by atomic mass is 19.4. The largest absolute Gasteiger partial charge is 0.508 e. The molecule has 0 amide bonds. The van der Waals surface area contributed by atoms with Gasteiger partial charge in [-0.05, 0) is 25.1 Å². The molecule has 0 radical (unpaired) electrons. The van der Waals surface area contributed by atoms with Gasteiger partial charge in [-0.1, -0.05) is 0 Å². The summed E-state index contributed by atoms with van der Waals surface area (Å²) in [5, 5.41) is 9.79. The summed E-state index contributed by atoms with van der Waals surface area (Å²) in [7, 11) is 0. The Morgan fingerprint density at radius 1 is 1.19 bits per heavy atom. The molecule has 7 heteroatoms. The van der Waals surface area contributed by atoms with Gasteiger partial charge >= 0.3 is 6.18 Å². The first-order chi connectivity index (χ1) is 9.76. The van der Waals surface area contributed by atoms with Crippen LogP contribution in [0.25, 0.3) is 0 Å². The van der Waals surface area contributed by atoms with Crippen LogP contribution in [0.2, 0.25) is 0 Å². The number of halogens is 4. The van der Waals surface area contributed by atoms with Crippen LogP contribution in [-0.2, 0) is 0 Å². The maximum Gasteiger partial charge on any atom is 0.401 e. The van der Waals surface area contributed by atoms with Gasteiger partial charge in [0.25, 0.3) is 0 Å². The van der Waals surface area contributed by atoms with Crippen molar-refractivity contribution in [1.82, 2.24) is 9.80 Å². The minimum Gasteiger partial charge on any atom is -0.508 e. The first kappa shape index (κ1) is 16.0. The number of rotatable bonds is 3. The van der Waals surface area contributed by atoms with Gasteiger partial charge in [0, 0.05) is 37.8 Å². The van der Waals surface area contributed by atoms with E-state index in [0.717, 1.165) is 0 Å². The fourth-order valence-corrected chi connectivity index (χ4v) is 2.62. The SMILES string of the molecule is CC(c1cc(F)ccc1O)N1CCN(CC(F)(F)F)CC1.